The SMILES string of the molecule is COC(=O)CC(NC(=O)c1cc(F)c(F)cc1Cl)c1cccs1. The maximum Gasteiger partial charge on any atom is 0.307 e. The summed E-state index contributed by atoms with van der Waals surface area (Å²) in [5.74, 6) is -3.55. The molecule has 2 rings (SSSR count). The van der Waals surface area contributed by atoms with Crippen LogP contribution in [-0.4, -0.2) is 19.0 Å². The minimum absolute atomic E-state index is 0.0932. The van der Waals surface area contributed by atoms with Crippen LogP contribution in [0.2, 0.25) is 5.02 Å². The van der Waals surface area contributed by atoms with E-state index in [0.717, 1.165) is 17.0 Å². The van der Waals surface area contributed by atoms with Gasteiger partial charge in [-0.3, -0.25) is 9.59 Å². The Morgan fingerprint density at radius 1 is 1.35 bits per heavy atom. The average Bonchev–Trinajstić information content (AvgIpc) is 3.04. The molecule has 1 unspecified atom stereocenters. The highest BCUT2D eigenvalue weighted by molar-refractivity contribution is 7.10. The third kappa shape index (κ3) is 4.27. The van der Waals surface area contributed by atoms with Gasteiger partial charge in [-0.2, -0.15) is 0 Å². The van der Waals surface area contributed by atoms with Gasteiger partial charge >= 0.3 is 5.97 Å². The third-order valence-corrected chi connectivity index (χ3v) is 4.34. The fourth-order valence-electron chi connectivity index (χ4n) is 1.89. The van der Waals surface area contributed by atoms with Crippen molar-refractivity contribution in [2.45, 2.75) is 12.5 Å². The number of methoxy groups -OCH3 is 1. The van der Waals surface area contributed by atoms with E-state index in [9.17, 15) is 18.4 Å². The van der Waals surface area contributed by atoms with E-state index in [4.69, 9.17) is 11.6 Å². The lowest BCUT2D eigenvalue weighted by molar-refractivity contribution is -0.141. The number of thiophene rings is 1. The Kier molecular flexibility index (Phi) is 5.68. The van der Waals surface area contributed by atoms with Crippen molar-refractivity contribution < 1.29 is 23.1 Å². The fourth-order valence-corrected chi connectivity index (χ4v) is 2.91. The molecule has 0 aliphatic carbocycles. The molecule has 0 aliphatic heterocycles. The highest BCUT2D eigenvalue weighted by Gasteiger charge is 2.22. The summed E-state index contributed by atoms with van der Waals surface area (Å²) in [6.07, 6.45) is -0.0932. The number of amides is 1. The molecule has 0 bridgehead atoms. The first-order valence-electron chi connectivity index (χ1n) is 6.48. The Balaban J connectivity index is 2.24. The molecular formula is C15H12ClF2NO3S. The molecule has 0 spiro atoms. The highest BCUT2D eigenvalue weighted by atomic mass is 35.5. The first-order chi connectivity index (χ1) is 10.9. The smallest absolute Gasteiger partial charge is 0.307 e. The van der Waals surface area contributed by atoms with Crippen molar-refractivity contribution in [3.63, 3.8) is 0 Å². The van der Waals surface area contributed by atoms with Crippen LogP contribution in [0.5, 0.6) is 0 Å². The predicted octanol–water partition coefficient (Wildman–Crippen LogP) is 3.71. The van der Waals surface area contributed by atoms with Crippen LogP contribution in [0.15, 0.2) is 29.6 Å². The Morgan fingerprint density at radius 3 is 2.65 bits per heavy atom. The van der Waals surface area contributed by atoms with Gasteiger partial charge in [0.15, 0.2) is 11.6 Å². The van der Waals surface area contributed by atoms with Gasteiger partial charge < -0.3 is 10.1 Å². The summed E-state index contributed by atoms with van der Waals surface area (Å²) < 4.78 is 31.0. The fraction of sp³-hybridized carbons (Fsp3) is 0.200. The number of esters is 1. The van der Waals surface area contributed by atoms with Crippen molar-refractivity contribution in [2.24, 2.45) is 0 Å². The summed E-state index contributed by atoms with van der Waals surface area (Å²) in [4.78, 5) is 24.5. The van der Waals surface area contributed by atoms with E-state index in [1.54, 1.807) is 17.5 Å². The molecule has 1 aromatic heterocycles. The van der Waals surface area contributed by atoms with Crippen LogP contribution in [0.1, 0.15) is 27.7 Å². The maximum atomic E-state index is 13.3. The topological polar surface area (TPSA) is 55.4 Å². The first kappa shape index (κ1) is 17.4. The molecule has 122 valence electrons. The van der Waals surface area contributed by atoms with Crippen molar-refractivity contribution in [2.75, 3.05) is 7.11 Å². The molecule has 1 atom stereocenters. The number of carbonyl (C=O) groups excluding carboxylic acids is 2. The number of hydrogen-bond donors (Lipinski definition) is 1. The molecule has 0 aliphatic rings. The van der Waals surface area contributed by atoms with Gasteiger partial charge in [-0.05, 0) is 23.6 Å². The van der Waals surface area contributed by atoms with Gasteiger partial charge in [0.2, 0.25) is 0 Å². The zero-order valence-electron chi connectivity index (χ0n) is 11.9. The predicted molar refractivity (Wildman–Crippen MR) is 82.5 cm³/mol. The first-order valence-corrected chi connectivity index (χ1v) is 7.73. The minimum Gasteiger partial charge on any atom is -0.469 e. The van der Waals surface area contributed by atoms with Crippen molar-refractivity contribution in [3.8, 4) is 0 Å². The molecule has 2 aromatic rings. The van der Waals surface area contributed by atoms with Gasteiger partial charge in [-0.15, -0.1) is 11.3 Å². The second kappa shape index (κ2) is 7.52. The number of ether oxygens (including phenoxy) is 1. The lowest BCUT2D eigenvalue weighted by Gasteiger charge is -2.17. The summed E-state index contributed by atoms with van der Waals surface area (Å²) in [6.45, 7) is 0. The molecular weight excluding hydrogens is 348 g/mol. The van der Waals surface area contributed by atoms with Gasteiger partial charge in [0.1, 0.15) is 0 Å². The number of carbonyl (C=O) groups is 2. The van der Waals surface area contributed by atoms with Crippen LogP contribution >= 0.6 is 22.9 Å². The van der Waals surface area contributed by atoms with Gasteiger partial charge in [0.25, 0.3) is 5.91 Å². The standard InChI is InChI=1S/C15H12ClF2NO3S/c1-22-14(20)7-12(13-3-2-4-23-13)19-15(21)8-5-10(17)11(18)6-9(8)16/h2-6,12H,7H2,1H3,(H,19,21). The van der Waals surface area contributed by atoms with E-state index < -0.39 is 29.6 Å². The molecule has 23 heavy (non-hydrogen) atoms. The Hall–Kier alpha value is -1.99. The van der Waals surface area contributed by atoms with Crippen molar-refractivity contribution >= 4 is 34.8 Å². The molecule has 4 nitrogen and oxygen atoms in total. The summed E-state index contributed by atoms with van der Waals surface area (Å²) in [7, 11) is 1.24. The number of rotatable bonds is 5. The van der Waals surface area contributed by atoms with Crippen LogP contribution in [0.3, 0.4) is 0 Å². The van der Waals surface area contributed by atoms with Crippen LogP contribution in [0.25, 0.3) is 0 Å². The largest absolute Gasteiger partial charge is 0.469 e. The van der Waals surface area contributed by atoms with Gasteiger partial charge in [-0.25, -0.2) is 8.78 Å². The van der Waals surface area contributed by atoms with E-state index in [1.807, 2.05) is 0 Å². The molecule has 0 saturated heterocycles. The zero-order valence-corrected chi connectivity index (χ0v) is 13.5. The maximum absolute atomic E-state index is 13.3. The Labute approximate surface area is 140 Å². The average molecular weight is 360 g/mol. The molecule has 8 heteroatoms. The Bertz CT molecular complexity index is 722. The lowest BCUT2D eigenvalue weighted by Crippen LogP contribution is -2.30. The van der Waals surface area contributed by atoms with Crippen LogP contribution < -0.4 is 5.32 Å². The summed E-state index contributed by atoms with van der Waals surface area (Å²) in [5, 5.41) is 4.16. The zero-order chi connectivity index (χ0) is 17.0. The second-order valence-corrected chi connectivity index (χ2v) is 5.95. The molecule has 1 heterocycles. The molecule has 1 N–H and O–H groups in total. The summed E-state index contributed by atoms with van der Waals surface area (Å²) in [5.41, 5.74) is -0.211. The molecule has 0 radical (unpaired) electrons. The minimum atomic E-state index is -1.18. The summed E-state index contributed by atoms with van der Waals surface area (Å²) in [6, 6.07) is 4.30. The lowest BCUT2D eigenvalue weighted by atomic mass is 10.1. The molecule has 1 aromatic carbocycles. The second-order valence-electron chi connectivity index (χ2n) is 4.57. The van der Waals surface area contributed by atoms with E-state index in [1.165, 1.54) is 18.4 Å². The van der Waals surface area contributed by atoms with E-state index in [0.29, 0.717) is 0 Å². The number of hydrogen-bond acceptors (Lipinski definition) is 4. The molecule has 0 fully saturated rings. The third-order valence-electron chi connectivity index (χ3n) is 3.05. The quantitative estimate of drug-likeness (QED) is 0.654. The van der Waals surface area contributed by atoms with E-state index >= 15 is 0 Å². The van der Waals surface area contributed by atoms with Crippen LogP contribution in [0, 0.1) is 11.6 Å². The van der Waals surface area contributed by atoms with Crippen LogP contribution in [0.4, 0.5) is 8.78 Å². The number of halogens is 3. The molecule has 0 saturated carbocycles. The number of nitrogens with one attached hydrogen (secondary N) is 1. The van der Waals surface area contributed by atoms with Gasteiger partial charge in [0.05, 0.1) is 30.2 Å². The monoisotopic (exact) mass is 359 g/mol. The van der Waals surface area contributed by atoms with E-state index in [-0.39, 0.29) is 17.0 Å². The van der Waals surface area contributed by atoms with E-state index in [2.05, 4.69) is 10.1 Å². The summed E-state index contributed by atoms with van der Waals surface area (Å²) >= 11 is 7.12. The normalized spacial score (nSPS) is 11.8. The van der Waals surface area contributed by atoms with Crippen LogP contribution in [-0.2, 0) is 9.53 Å². The Morgan fingerprint density at radius 2 is 2.04 bits per heavy atom. The van der Waals surface area contributed by atoms with Gasteiger partial charge in [-0.1, -0.05) is 17.7 Å². The van der Waals surface area contributed by atoms with Crippen molar-refractivity contribution in [3.05, 3.63) is 56.7 Å². The van der Waals surface area contributed by atoms with Crippen molar-refractivity contribution in [1.82, 2.24) is 5.32 Å². The van der Waals surface area contributed by atoms with Crippen molar-refractivity contribution in [1.29, 1.82) is 0 Å². The number of benzene rings is 1. The highest BCUT2D eigenvalue weighted by Crippen LogP contribution is 2.25. The van der Waals surface area contributed by atoms with Gasteiger partial charge in [0, 0.05) is 4.88 Å². The molecule has 1 amide bonds.